The number of ether oxygens (including phenoxy) is 3. The van der Waals surface area contributed by atoms with E-state index in [1.165, 1.54) is 0 Å². The molecule has 5 rings (SSSR count). The molecule has 5 aromatic rings. The van der Waals surface area contributed by atoms with Crippen molar-refractivity contribution in [2.75, 3.05) is 0 Å². The van der Waals surface area contributed by atoms with Gasteiger partial charge in [0.25, 0.3) is 0 Å². The van der Waals surface area contributed by atoms with Crippen molar-refractivity contribution >= 4 is 20.4 Å². The van der Waals surface area contributed by atoms with Crippen molar-refractivity contribution in [1.82, 2.24) is 4.98 Å². The molecular weight excluding hydrogens is 643 g/mol. The van der Waals surface area contributed by atoms with Gasteiger partial charge in [0.1, 0.15) is 35.1 Å². The van der Waals surface area contributed by atoms with E-state index < -0.39 is 31.6 Å². The molecule has 1 aromatic heterocycles. The van der Waals surface area contributed by atoms with Crippen molar-refractivity contribution in [2.24, 2.45) is 0 Å². The molecule has 7 nitrogen and oxygen atoms in total. The predicted molar refractivity (Wildman–Crippen MR) is 190 cm³/mol. The van der Waals surface area contributed by atoms with Crippen LogP contribution < -0.4 is 14.2 Å². The highest BCUT2D eigenvalue weighted by molar-refractivity contribution is 8.33. The fourth-order valence-corrected chi connectivity index (χ4v) is 10.1. The lowest BCUT2D eigenvalue weighted by atomic mass is 10.2. The molecule has 48 heavy (non-hydrogen) atoms. The maximum absolute atomic E-state index is 14.2. The summed E-state index contributed by atoms with van der Waals surface area (Å²) in [5, 5.41) is 0. The number of nitrogens with zero attached hydrogens (tertiary/aromatic N) is 1. The standard InChI is InChI=1S/C39H43NO6S2/c1-29-11-19-37(20-12-29)48(41,42)46-47(35-23-15-32(16-24-35)44-38(2,3)4,36-25-17-33(18-26-36)45-39(5,6)7)34-21-13-31(14-22-34)43-28-30-10-8-9-27-40-30/h8-27H,28H2,1-7H3. The molecule has 0 aliphatic heterocycles. The SMILES string of the molecule is Cc1ccc(S(=O)(=O)OS(c2ccc(OCc3ccccn3)cc2)(c2ccc(OC(C)(C)C)cc2)c2ccc(OC(C)(C)C)cc2)cc1. The number of aromatic nitrogens is 1. The first-order valence-electron chi connectivity index (χ1n) is 15.7. The van der Waals surface area contributed by atoms with Crippen LogP contribution in [-0.4, -0.2) is 24.6 Å². The van der Waals surface area contributed by atoms with Crippen molar-refractivity contribution in [3.63, 3.8) is 0 Å². The van der Waals surface area contributed by atoms with Crippen molar-refractivity contribution < 1.29 is 26.3 Å². The largest absolute Gasteiger partial charge is 0.488 e. The second kappa shape index (κ2) is 14.0. The summed E-state index contributed by atoms with van der Waals surface area (Å²) in [5.74, 6) is 1.93. The molecule has 0 N–H and O–H groups in total. The molecule has 0 saturated carbocycles. The molecule has 0 saturated heterocycles. The van der Waals surface area contributed by atoms with Crippen molar-refractivity contribution in [3.05, 3.63) is 133 Å². The summed E-state index contributed by atoms with van der Waals surface area (Å²) in [6.07, 6.45) is 1.72. The van der Waals surface area contributed by atoms with Gasteiger partial charge in [-0.3, -0.25) is 4.98 Å². The van der Waals surface area contributed by atoms with Crippen LogP contribution in [0.3, 0.4) is 0 Å². The van der Waals surface area contributed by atoms with E-state index in [-0.39, 0.29) is 4.90 Å². The van der Waals surface area contributed by atoms with E-state index >= 15 is 0 Å². The topological polar surface area (TPSA) is 84.0 Å². The summed E-state index contributed by atoms with van der Waals surface area (Å²) in [6, 6.07) is 34.7. The highest BCUT2D eigenvalue weighted by Crippen LogP contribution is 2.70. The molecule has 0 bridgehead atoms. The van der Waals surface area contributed by atoms with E-state index in [9.17, 15) is 8.42 Å². The van der Waals surface area contributed by atoms with Gasteiger partial charge >= 0.3 is 10.1 Å². The Morgan fingerprint density at radius 1 is 0.562 bits per heavy atom. The molecule has 4 aromatic carbocycles. The molecule has 0 radical (unpaired) electrons. The average Bonchev–Trinajstić information content (AvgIpc) is 3.03. The smallest absolute Gasteiger partial charge is 0.307 e. The van der Waals surface area contributed by atoms with E-state index in [1.54, 1.807) is 30.5 Å². The monoisotopic (exact) mass is 685 g/mol. The zero-order valence-corrected chi connectivity index (χ0v) is 30.1. The number of aryl methyl sites for hydroxylation is 1. The van der Waals surface area contributed by atoms with Crippen molar-refractivity contribution in [2.45, 2.75) is 85.9 Å². The number of rotatable bonds is 11. The van der Waals surface area contributed by atoms with Crippen LogP contribution in [0.2, 0.25) is 0 Å². The Morgan fingerprint density at radius 2 is 1.00 bits per heavy atom. The van der Waals surface area contributed by atoms with Gasteiger partial charge in [-0.05, 0) is 156 Å². The number of benzene rings is 4. The van der Waals surface area contributed by atoms with E-state index in [1.807, 2.05) is 139 Å². The quantitative estimate of drug-likeness (QED) is 0.137. The third-order valence-corrected chi connectivity index (χ3v) is 12.1. The van der Waals surface area contributed by atoms with Gasteiger partial charge < -0.3 is 14.2 Å². The third kappa shape index (κ3) is 8.78. The van der Waals surface area contributed by atoms with Crippen LogP contribution in [0.15, 0.2) is 141 Å². The summed E-state index contributed by atoms with van der Waals surface area (Å²) in [6.45, 7) is 14.1. The van der Waals surface area contributed by atoms with Gasteiger partial charge in [-0.1, -0.05) is 23.8 Å². The van der Waals surface area contributed by atoms with Gasteiger partial charge in [0, 0.05) is 20.9 Å². The fraction of sp³-hybridized carbons (Fsp3) is 0.256. The molecule has 0 amide bonds. The van der Waals surface area contributed by atoms with Crippen LogP contribution in [0, 0.1) is 6.92 Å². The fourth-order valence-electron chi connectivity index (χ4n) is 4.88. The van der Waals surface area contributed by atoms with Crippen LogP contribution >= 0.6 is 10.3 Å². The lowest BCUT2D eigenvalue weighted by Crippen LogP contribution is -2.23. The number of hydrogen-bond acceptors (Lipinski definition) is 7. The zero-order valence-electron chi connectivity index (χ0n) is 28.5. The van der Waals surface area contributed by atoms with Crippen LogP contribution in [0.5, 0.6) is 17.2 Å². The summed E-state index contributed by atoms with van der Waals surface area (Å²) >= 11 is 0. The van der Waals surface area contributed by atoms with Crippen LogP contribution in [-0.2, 0) is 20.4 Å². The summed E-state index contributed by atoms with van der Waals surface area (Å²) < 4.78 is 53.3. The summed E-state index contributed by atoms with van der Waals surface area (Å²) in [7, 11) is -7.20. The van der Waals surface area contributed by atoms with Crippen LogP contribution in [0.1, 0.15) is 52.8 Å². The Kier molecular flexibility index (Phi) is 10.2. The molecule has 252 valence electrons. The third-order valence-electron chi connectivity index (χ3n) is 6.93. The minimum atomic E-state index is -4.28. The lowest BCUT2D eigenvalue weighted by Gasteiger charge is -2.39. The summed E-state index contributed by atoms with van der Waals surface area (Å²) in [5.41, 5.74) is 0.914. The highest BCUT2D eigenvalue weighted by Gasteiger charge is 2.39. The predicted octanol–water partition coefficient (Wildman–Crippen LogP) is 9.93. The second-order valence-corrected chi connectivity index (χ2v) is 17.8. The van der Waals surface area contributed by atoms with E-state index in [2.05, 4.69) is 4.98 Å². The summed E-state index contributed by atoms with van der Waals surface area (Å²) in [4.78, 5) is 6.41. The molecule has 0 unspecified atom stereocenters. The maximum Gasteiger partial charge on any atom is 0.307 e. The van der Waals surface area contributed by atoms with Gasteiger partial charge in [-0.15, -0.1) is 0 Å². The first kappa shape index (κ1) is 35.0. The van der Waals surface area contributed by atoms with Crippen molar-refractivity contribution in [1.29, 1.82) is 0 Å². The van der Waals surface area contributed by atoms with Gasteiger partial charge in [0.15, 0.2) is 0 Å². The molecule has 0 fully saturated rings. The average molecular weight is 686 g/mol. The Morgan fingerprint density at radius 3 is 1.42 bits per heavy atom. The second-order valence-electron chi connectivity index (χ2n) is 13.3. The Balaban J connectivity index is 1.67. The molecule has 0 aliphatic rings. The first-order chi connectivity index (χ1) is 22.6. The number of hydrogen-bond donors (Lipinski definition) is 0. The highest BCUT2D eigenvalue weighted by atomic mass is 32.3. The lowest BCUT2D eigenvalue weighted by molar-refractivity contribution is 0.130. The van der Waals surface area contributed by atoms with Gasteiger partial charge in [0.2, 0.25) is 0 Å². The van der Waals surface area contributed by atoms with Crippen molar-refractivity contribution in [3.8, 4) is 17.2 Å². The van der Waals surface area contributed by atoms with Gasteiger partial charge in [-0.2, -0.15) is 8.42 Å². The Hall–Kier alpha value is -4.31. The van der Waals surface area contributed by atoms with Gasteiger partial charge in [0.05, 0.1) is 10.6 Å². The van der Waals surface area contributed by atoms with Crippen LogP contribution in [0.25, 0.3) is 0 Å². The Bertz CT molecular complexity index is 1840. The number of pyridine rings is 1. The minimum Gasteiger partial charge on any atom is -0.488 e. The van der Waals surface area contributed by atoms with E-state index in [0.717, 1.165) is 11.3 Å². The van der Waals surface area contributed by atoms with E-state index in [0.29, 0.717) is 38.5 Å². The Labute approximate surface area is 286 Å². The molecule has 0 atom stereocenters. The molecule has 0 spiro atoms. The molecule has 1 heterocycles. The van der Waals surface area contributed by atoms with Crippen LogP contribution in [0.4, 0.5) is 0 Å². The van der Waals surface area contributed by atoms with Gasteiger partial charge in [-0.25, -0.2) is 3.63 Å². The molecule has 0 aliphatic carbocycles. The first-order valence-corrected chi connectivity index (χ1v) is 18.7. The normalized spacial score (nSPS) is 12.7. The zero-order chi connectivity index (χ0) is 34.6. The van der Waals surface area contributed by atoms with E-state index in [4.69, 9.17) is 17.8 Å². The molecule has 9 heteroatoms. The maximum atomic E-state index is 14.2. The molecular formula is C39H43NO6S2. The minimum absolute atomic E-state index is 0.0701.